The van der Waals surface area contributed by atoms with Crippen molar-refractivity contribution in [3.05, 3.63) is 59.3 Å². The van der Waals surface area contributed by atoms with Crippen LogP contribution in [-0.4, -0.2) is 21.2 Å². The third-order valence-electron chi connectivity index (χ3n) is 3.57. The molecule has 2 aliphatic carbocycles. The van der Waals surface area contributed by atoms with Gasteiger partial charge in [-0.15, -0.1) is 6.42 Å². The minimum Gasteiger partial charge on any atom is -0.506 e. The summed E-state index contributed by atoms with van der Waals surface area (Å²) in [7, 11) is 0. The Kier molecular flexibility index (Phi) is 3.61. The zero-order chi connectivity index (χ0) is 17.3. The summed E-state index contributed by atoms with van der Waals surface area (Å²) in [6.07, 6.45) is 5.17. The van der Waals surface area contributed by atoms with Gasteiger partial charge in [0.25, 0.3) is 0 Å². The van der Waals surface area contributed by atoms with Gasteiger partial charge in [0.05, 0.1) is 16.6 Å². The number of hydrogen-bond acceptors (Lipinski definition) is 4. The van der Waals surface area contributed by atoms with Crippen LogP contribution in [0.25, 0.3) is 22.0 Å². The van der Waals surface area contributed by atoms with Crippen molar-refractivity contribution < 1.29 is 15.0 Å². The summed E-state index contributed by atoms with van der Waals surface area (Å²) >= 11 is 0. The highest BCUT2D eigenvalue weighted by atomic mass is 16.4. The van der Waals surface area contributed by atoms with Crippen molar-refractivity contribution >= 4 is 16.9 Å². The van der Waals surface area contributed by atoms with E-state index in [-0.39, 0.29) is 27.8 Å². The van der Waals surface area contributed by atoms with Crippen molar-refractivity contribution in [2.45, 2.75) is 0 Å². The second kappa shape index (κ2) is 5.75. The SMILES string of the molecule is C#Cc1c(C(=O)O)nc2c(C#N)cccc2c1O.c1cc2cc-2c1. The van der Waals surface area contributed by atoms with E-state index in [2.05, 4.69) is 35.2 Å². The monoisotopic (exact) mass is 314 g/mol. The molecule has 0 unspecified atom stereocenters. The van der Waals surface area contributed by atoms with Crippen molar-refractivity contribution in [3.8, 4) is 35.3 Å². The largest absolute Gasteiger partial charge is 0.506 e. The van der Waals surface area contributed by atoms with Gasteiger partial charge in [0, 0.05) is 5.39 Å². The van der Waals surface area contributed by atoms with Crippen molar-refractivity contribution in [1.82, 2.24) is 4.98 Å². The number of carboxylic acid groups (broad SMARTS) is 1. The number of nitriles is 1. The quantitative estimate of drug-likeness (QED) is 0.526. The van der Waals surface area contributed by atoms with E-state index in [4.69, 9.17) is 16.8 Å². The zero-order valence-corrected chi connectivity index (χ0v) is 12.3. The Balaban J connectivity index is 0.000000231. The fourth-order valence-corrected chi connectivity index (χ4v) is 2.33. The summed E-state index contributed by atoms with van der Waals surface area (Å²) < 4.78 is 0. The Bertz CT molecular complexity index is 1060. The summed E-state index contributed by atoms with van der Waals surface area (Å²) in [5.41, 5.74) is 2.52. The Morgan fingerprint density at radius 1 is 1.17 bits per heavy atom. The second-order valence-electron chi connectivity index (χ2n) is 5.03. The first kappa shape index (κ1) is 15.1. The molecule has 1 heterocycles. The highest BCUT2D eigenvalue weighted by Crippen LogP contribution is 2.32. The van der Waals surface area contributed by atoms with Crippen molar-refractivity contribution in [2.75, 3.05) is 0 Å². The van der Waals surface area contributed by atoms with E-state index in [1.54, 1.807) is 6.07 Å². The maximum absolute atomic E-state index is 11.0. The number of carbonyl (C=O) groups is 1. The molecular weight excluding hydrogens is 304 g/mol. The minimum atomic E-state index is -1.35. The standard InChI is InChI=1S/C13H6N2O3.C6H4/c1-2-8-11(13(17)18)15-10-7(6-14)4-3-5-9(10)12(8)16;1-2-5-4-6(5)3-1/h1,3-5H,(H,15,16)(H,17,18);1-4H. The molecule has 0 bridgehead atoms. The second-order valence-corrected chi connectivity index (χ2v) is 5.03. The molecular formula is C19H10N2O3. The number of hydrogen-bond donors (Lipinski definition) is 2. The Morgan fingerprint density at radius 2 is 1.83 bits per heavy atom. The molecule has 0 amide bonds. The van der Waals surface area contributed by atoms with E-state index in [0.29, 0.717) is 0 Å². The molecule has 0 aliphatic heterocycles. The number of terminal acetylenes is 1. The number of rotatable bonds is 1. The molecule has 0 saturated heterocycles. The first-order valence-electron chi connectivity index (χ1n) is 6.93. The zero-order valence-electron chi connectivity index (χ0n) is 12.3. The van der Waals surface area contributed by atoms with Gasteiger partial charge < -0.3 is 10.2 Å². The first-order valence-corrected chi connectivity index (χ1v) is 6.93. The molecule has 4 rings (SSSR count). The average Bonchev–Trinajstić information content (AvgIpc) is 3.20. The lowest BCUT2D eigenvalue weighted by Crippen LogP contribution is -2.05. The van der Waals surface area contributed by atoms with Gasteiger partial charge in [-0.1, -0.05) is 30.2 Å². The lowest BCUT2D eigenvalue weighted by molar-refractivity contribution is 0.0690. The molecule has 1 aromatic heterocycles. The lowest BCUT2D eigenvalue weighted by atomic mass is 10.0. The molecule has 114 valence electrons. The van der Waals surface area contributed by atoms with Crippen LogP contribution in [-0.2, 0) is 0 Å². The summed E-state index contributed by atoms with van der Waals surface area (Å²) in [4.78, 5) is 14.9. The van der Waals surface area contributed by atoms with Gasteiger partial charge >= 0.3 is 5.97 Å². The van der Waals surface area contributed by atoms with E-state index in [1.165, 1.54) is 23.3 Å². The summed E-state index contributed by atoms with van der Waals surface area (Å²) in [5.74, 6) is 0.395. The van der Waals surface area contributed by atoms with Gasteiger partial charge in [-0.25, -0.2) is 9.78 Å². The number of aromatic nitrogens is 1. The topological polar surface area (TPSA) is 94.2 Å². The molecule has 2 N–H and O–H groups in total. The number of aromatic hydroxyl groups is 1. The third-order valence-corrected chi connectivity index (χ3v) is 3.57. The number of nitrogens with zero attached hydrogens (tertiary/aromatic N) is 2. The molecule has 5 nitrogen and oxygen atoms in total. The minimum absolute atomic E-state index is 0.119. The summed E-state index contributed by atoms with van der Waals surface area (Å²) in [5, 5.41) is 28.1. The first-order chi connectivity index (χ1) is 11.6. The summed E-state index contributed by atoms with van der Waals surface area (Å²) in [6.45, 7) is 0. The number of pyridine rings is 1. The highest BCUT2D eigenvalue weighted by Gasteiger charge is 2.19. The maximum Gasteiger partial charge on any atom is 0.355 e. The molecule has 0 atom stereocenters. The number of carboxylic acids is 1. The molecule has 24 heavy (non-hydrogen) atoms. The summed E-state index contributed by atoms with van der Waals surface area (Å²) in [6, 6.07) is 14.9. The Morgan fingerprint density at radius 3 is 2.29 bits per heavy atom. The molecule has 0 saturated carbocycles. The van der Waals surface area contributed by atoms with E-state index < -0.39 is 11.7 Å². The van der Waals surface area contributed by atoms with Crippen LogP contribution in [0.15, 0.2) is 42.5 Å². The van der Waals surface area contributed by atoms with Crippen molar-refractivity contribution in [3.63, 3.8) is 0 Å². The van der Waals surface area contributed by atoms with E-state index >= 15 is 0 Å². The average molecular weight is 314 g/mol. The Labute approximate surface area is 137 Å². The fraction of sp³-hybridized carbons (Fsp3) is 0. The van der Waals surface area contributed by atoms with Gasteiger partial charge in [0.1, 0.15) is 11.8 Å². The predicted molar refractivity (Wildman–Crippen MR) is 88.5 cm³/mol. The van der Waals surface area contributed by atoms with Crippen LogP contribution in [0.1, 0.15) is 21.6 Å². The molecule has 2 aliphatic rings. The van der Waals surface area contributed by atoms with Crippen LogP contribution < -0.4 is 0 Å². The molecule has 0 spiro atoms. The third kappa shape index (κ3) is 2.51. The lowest BCUT2D eigenvalue weighted by Gasteiger charge is -2.07. The van der Waals surface area contributed by atoms with E-state index in [0.717, 1.165) is 0 Å². The van der Waals surface area contributed by atoms with Gasteiger partial charge in [-0.3, -0.25) is 0 Å². The number of benzene rings is 2. The molecule has 1 aromatic carbocycles. The van der Waals surface area contributed by atoms with Crippen LogP contribution in [0.4, 0.5) is 0 Å². The van der Waals surface area contributed by atoms with E-state index in [9.17, 15) is 9.90 Å². The smallest absolute Gasteiger partial charge is 0.355 e. The number of fused-ring (bicyclic) bond motifs is 2. The molecule has 5 heteroatoms. The normalized spacial score (nSPS) is 10.1. The molecule has 0 radical (unpaired) electrons. The van der Waals surface area contributed by atoms with Crippen LogP contribution in [0.5, 0.6) is 5.75 Å². The number of para-hydroxylation sites is 1. The predicted octanol–water partition coefficient (Wildman–Crippen LogP) is 3.16. The van der Waals surface area contributed by atoms with E-state index in [1.807, 2.05) is 6.07 Å². The molecule has 0 fully saturated rings. The maximum atomic E-state index is 11.0. The van der Waals surface area contributed by atoms with Gasteiger partial charge in [-0.05, 0) is 29.3 Å². The van der Waals surface area contributed by atoms with Crippen molar-refractivity contribution in [1.29, 1.82) is 5.26 Å². The fourth-order valence-electron chi connectivity index (χ4n) is 2.33. The van der Waals surface area contributed by atoms with Gasteiger partial charge in [0.2, 0.25) is 0 Å². The van der Waals surface area contributed by atoms with Crippen molar-refractivity contribution in [2.24, 2.45) is 0 Å². The van der Waals surface area contributed by atoms with Crippen LogP contribution in [0, 0.1) is 23.7 Å². The number of aromatic carboxylic acids is 1. The van der Waals surface area contributed by atoms with Crippen LogP contribution in [0.3, 0.4) is 0 Å². The Hall–Kier alpha value is -3.83. The molecule has 2 aromatic rings. The van der Waals surface area contributed by atoms with Crippen LogP contribution >= 0.6 is 0 Å². The highest BCUT2D eigenvalue weighted by molar-refractivity contribution is 5.98. The van der Waals surface area contributed by atoms with Gasteiger partial charge in [0.15, 0.2) is 5.69 Å². The van der Waals surface area contributed by atoms with Gasteiger partial charge in [-0.2, -0.15) is 5.26 Å². The van der Waals surface area contributed by atoms with Crippen LogP contribution in [0.2, 0.25) is 0 Å².